The van der Waals surface area contributed by atoms with Crippen LogP contribution in [0.4, 0.5) is 11.6 Å². The number of nitrogens with two attached hydrogens (primary N) is 1. The number of nitrogens with zero attached hydrogens (tertiary/aromatic N) is 3. The third kappa shape index (κ3) is 2.35. The first-order valence-electron chi connectivity index (χ1n) is 4.60. The van der Waals surface area contributed by atoms with E-state index < -0.39 is 9.84 Å². The molecule has 7 heteroatoms. The van der Waals surface area contributed by atoms with E-state index >= 15 is 0 Å². The molecule has 2 heterocycles. The Balaban J connectivity index is 2.11. The Bertz CT molecular complexity index is 428. The summed E-state index contributed by atoms with van der Waals surface area (Å²) in [5.41, 5.74) is 5.41. The maximum Gasteiger partial charge on any atom is 0.153 e. The van der Waals surface area contributed by atoms with E-state index in [0.717, 1.165) is 0 Å². The molecule has 1 aliphatic heterocycles. The van der Waals surface area contributed by atoms with E-state index in [1.54, 1.807) is 6.20 Å². The molecule has 0 aliphatic carbocycles. The van der Waals surface area contributed by atoms with Crippen LogP contribution in [-0.2, 0) is 9.84 Å². The van der Waals surface area contributed by atoms with Crippen molar-refractivity contribution in [3.63, 3.8) is 0 Å². The fraction of sp³-hybridized carbons (Fsp3) is 0.500. The van der Waals surface area contributed by atoms with Crippen molar-refractivity contribution in [2.75, 3.05) is 35.2 Å². The Hall–Kier alpha value is -1.37. The highest BCUT2D eigenvalue weighted by atomic mass is 32.2. The summed E-state index contributed by atoms with van der Waals surface area (Å²) in [5, 5.41) is 0. The van der Waals surface area contributed by atoms with Gasteiger partial charge in [-0.25, -0.2) is 18.4 Å². The van der Waals surface area contributed by atoms with Gasteiger partial charge >= 0.3 is 0 Å². The Labute approximate surface area is 88.0 Å². The third-order valence-corrected chi connectivity index (χ3v) is 3.94. The molecule has 1 fully saturated rings. The van der Waals surface area contributed by atoms with E-state index in [2.05, 4.69) is 9.97 Å². The van der Waals surface area contributed by atoms with Crippen molar-refractivity contribution in [3.8, 4) is 0 Å². The maximum absolute atomic E-state index is 11.2. The molecule has 0 bridgehead atoms. The minimum Gasteiger partial charge on any atom is -0.382 e. The second kappa shape index (κ2) is 3.65. The normalized spacial score (nSPS) is 20.1. The molecule has 0 spiro atoms. The predicted molar refractivity (Wildman–Crippen MR) is 57.3 cm³/mol. The van der Waals surface area contributed by atoms with Crippen LogP contribution < -0.4 is 10.6 Å². The Kier molecular flexibility index (Phi) is 2.47. The highest BCUT2D eigenvalue weighted by molar-refractivity contribution is 7.91. The number of hydrogen-bond acceptors (Lipinski definition) is 6. The van der Waals surface area contributed by atoms with Crippen LogP contribution in [0.2, 0.25) is 0 Å². The highest BCUT2D eigenvalue weighted by Gasteiger charge is 2.22. The number of anilines is 2. The molecule has 0 unspecified atom stereocenters. The first kappa shape index (κ1) is 10.2. The summed E-state index contributed by atoms with van der Waals surface area (Å²) < 4.78 is 22.4. The summed E-state index contributed by atoms with van der Waals surface area (Å²) in [6.45, 7) is 0.946. The predicted octanol–water partition coefficient (Wildman–Crippen LogP) is -0.706. The molecule has 0 aromatic carbocycles. The zero-order chi connectivity index (χ0) is 10.9. The second-order valence-electron chi connectivity index (χ2n) is 3.44. The summed E-state index contributed by atoms with van der Waals surface area (Å²) in [6, 6.07) is 0. The minimum atomic E-state index is -2.85. The molecule has 1 aromatic rings. The van der Waals surface area contributed by atoms with Gasteiger partial charge in [-0.05, 0) is 0 Å². The van der Waals surface area contributed by atoms with E-state index in [9.17, 15) is 8.42 Å². The molecule has 1 aliphatic rings. The largest absolute Gasteiger partial charge is 0.382 e. The minimum absolute atomic E-state index is 0.180. The molecule has 0 saturated carbocycles. The lowest BCUT2D eigenvalue weighted by Gasteiger charge is -2.27. The number of aromatic nitrogens is 2. The van der Waals surface area contributed by atoms with Gasteiger partial charge in [0.15, 0.2) is 9.84 Å². The summed E-state index contributed by atoms with van der Waals surface area (Å²) in [4.78, 5) is 9.90. The van der Waals surface area contributed by atoms with Crippen molar-refractivity contribution in [1.82, 2.24) is 9.97 Å². The molecule has 2 rings (SSSR count). The Morgan fingerprint density at radius 2 is 1.87 bits per heavy atom. The van der Waals surface area contributed by atoms with Crippen LogP contribution in [-0.4, -0.2) is 43.0 Å². The first-order chi connectivity index (χ1) is 7.07. The van der Waals surface area contributed by atoms with Crippen LogP contribution >= 0.6 is 0 Å². The van der Waals surface area contributed by atoms with Gasteiger partial charge in [0.2, 0.25) is 0 Å². The molecule has 82 valence electrons. The molecule has 15 heavy (non-hydrogen) atoms. The van der Waals surface area contributed by atoms with E-state index in [0.29, 0.717) is 24.7 Å². The van der Waals surface area contributed by atoms with Crippen LogP contribution in [0.3, 0.4) is 0 Å². The number of nitrogen functional groups attached to an aromatic ring is 1. The number of hydrogen-bond donors (Lipinski definition) is 1. The quantitative estimate of drug-likeness (QED) is 0.683. The van der Waals surface area contributed by atoms with Crippen molar-refractivity contribution in [2.24, 2.45) is 0 Å². The lowest BCUT2D eigenvalue weighted by molar-refractivity contribution is 0.586. The van der Waals surface area contributed by atoms with Crippen molar-refractivity contribution < 1.29 is 8.42 Å². The second-order valence-corrected chi connectivity index (χ2v) is 5.74. The van der Waals surface area contributed by atoms with E-state index in [-0.39, 0.29) is 11.5 Å². The fourth-order valence-electron chi connectivity index (χ4n) is 1.44. The highest BCUT2D eigenvalue weighted by Crippen LogP contribution is 2.13. The Morgan fingerprint density at radius 1 is 1.20 bits per heavy atom. The van der Waals surface area contributed by atoms with Gasteiger partial charge in [-0.15, -0.1) is 0 Å². The molecule has 0 atom stereocenters. The molecular weight excluding hydrogens is 216 g/mol. The summed E-state index contributed by atoms with van der Waals surface area (Å²) in [5.74, 6) is 1.40. The zero-order valence-electron chi connectivity index (χ0n) is 8.13. The van der Waals surface area contributed by atoms with Gasteiger partial charge in [0.1, 0.15) is 11.6 Å². The van der Waals surface area contributed by atoms with Gasteiger partial charge in [-0.3, -0.25) is 0 Å². The maximum atomic E-state index is 11.2. The third-order valence-electron chi connectivity index (χ3n) is 2.33. The molecule has 1 aromatic heterocycles. The number of sulfone groups is 1. The lowest BCUT2D eigenvalue weighted by atomic mass is 10.5. The standard InChI is InChI=1S/C8H12N4O2S/c9-7-5-11-8(6-10-7)12-1-3-15(13,14)4-2-12/h5-6H,1-4H2,(H2,9,10). The molecule has 6 nitrogen and oxygen atoms in total. The van der Waals surface area contributed by atoms with Crippen molar-refractivity contribution in [2.45, 2.75) is 0 Å². The average Bonchev–Trinajstić information content (AvgIpc) is 2.20. The number of rotatable bonds is 1. The molecule has 0 radical (unpaired) electrons. The zero-order valence-corrected chi connectivity index (χ0v) is 8.94. The van der Waals surface area contributed by atoms with Gasteiger partial charge in [-0.1, -0.05) is 0 Å². The molecule has 0 amide bonds. The summed E-state index contributed by atoms with van der Waals surface area (Å²) in [6.07, 6.45) is 3.03. The topological polar surface area (TPSA) is 89.2 Å². The van der Waals surface area contributed by atoms with Gasteiger partial charge in [0.25, 0.3) is 0 Å². The molecule has 2 N–H and O–H groups in total. The summed E-state index contributed by atoms with van der Waals surface area (Å²) >= 11 is 0. The van der Waals surface area contributed by atoms with E-state index in [1.807, 2.05) is 4.90 Å². The average molecular weight is 228 g/mol. The fourth-order valence-corrected chi connectivity index (χ4v) is 2.64. The Morgan fingerprint density at radius 3 is 2.40 bits per heavy atom. The van der Waals surface area contributed by atoms with Crippen molar-refractivity contribution in [1.29, 1.82) is 0 Å². The van der Waals surface area contributed by atoms with E-state index in [4.69, 9.17) is 5.73 Å². The van der Waals surface area contributed by atoms with E-state index in [1.165, 1.54) is 6.20 Å². The smallest absolute Gasteiger partial charge is 0.153 e. The molecular formula is C8H12N4O2S. The van der Waals surface area contributed by atoms with Gasteiger partial charge < -0.3 is 10.6 Å². The van der Waals surface area contributed by atoms with Crippen LogP contribution in [0.15, 0.2) is 12.4 Å². The van der Waals surface area contributed by atoms with Gasteiger partial charge in [-0.2, -0.15) is 0 Å². The van der Waals surface area contributed by atoms with Crippen LogP contribution in [0, 0.1) is 0 Å². The summed E-state index contributed by atoms with van der Waals surface area (Å²) in [7, 11) is -2.85. The van der Waals surface area contributed by atoms with Gasteiger partial charge in [0, 0.05) is 13.1 Å². The monoisotopic (exact) mass is 228 g/mol. The SMILES string of the molecule is Nc1cnc(N2CCS(=O)(=O)CC2)cn1. The van der Waals surface area contributed by atoms with Gasteiger partial charge in [0.05, 0.1) is 23.9 Å². The van der Waals surface area contributed by atoms with Crippen LogP contribution in [0.5, 0.6) is 0 Å². The molecule has 1 saturated heterocycles. The first-order valence-corrected chi connectivity index (χ1v) is 6.42. The van der Waals surface area contributed by atoms with Crippen molar-refractivity contribution in [3.05, 3.63) is 12.4 Å². The van der Waals surface area contributed by atoms with Crippen LogP contribution in [0.25, 0.3) is 0 Å². The lowest BCUT2D eigenvalue weighted by Crippen LogP contribution is -2.40. The van der Waals surface area contributed by atoms with Crippen LogP contribution in [0.1, 0.15) is 0 Å². The van der Waals surface area contributed by atoms with Crippen molar-refractivity contribution >= 4 is 21.5 Å².